The van der Waals surface area contributed by atoms with E-state index in [1.165, 1.54) is 0 Å². The number of hydrogen-bond acceptors (Lipinski definition) is 2. The minimum atomic E-state index is 0.250. The molecule has 0 rings (SSSR count). The lowest BCUT2D eigenvalue weighted by Crippen LogP contribution is -1.95. The van der Waals surface area contributed by atoms with E-state index in [2.05, 4.69) is 5.73 Å². The highest BCUT2D eigenvalue weighted by atomic mass is 16.1. The molecule has 10 heavy (non-hydrogen) atoms. The van der Waals surface area contributed by atoms with Gasteiger partial charge in [-0.05, 0) is 12.8 Å². The van der Waals surface area contributed by atoms with Crippen molar-refractivity contribution in [3.63, 3.8) is 0 Å². The summed E-state index contributed by atoms with van der Waals surface area (Å²) in [5, 5.41) is 0. The predicted molar refractivity (Wildman–Crippen MR) is 40.4 cm³/mol. The van der Waals surface area contributed by atoms with Crippen LogP contribution in [0.3, 0.4) is 0 Å². The van der Waals surface area contributed by atoms with E-state index in [0.717, 1.165) is 6.42 Å². The summed E-state index contributed by atoms with van der Waals surface area (Å²) in [6.45, 7) is 5.71. The number of primary amides is 1. The summed E-state index contributed by atoms with van der Waals surface area (Å²) in [5.41, 5.74) is 4.17. The lowest BCUT2D eigenvalue weighted by Gasteiger charge is -1.95. The summed E-state index contributed by atoms with van der Waals surface area (Å²) in [5.74, 6) is 0.813. The summed E-state index contributed by atoms with van der Waals surface area (Å²) in [6.07, 6.45) is 0.972. The molecule has 0 aromatic heterocycles. The second-order valence-corrected chi connectivity index (χ2v) is 2.44. The van der Waals surface area contributed by atoms with Gasteiger partial charge in [0, 0.05) is 6.42 Å². The quantitative estimate of drug-likeness (QED) is 0.582. The van der Waals surface area contributed by atoms with Crippen LogP contribution in [0.5, 0.6) is 0 Å². The average Bonchev–Trinajstić information content (AvgIpc) is 1.62. The van der Waals surface area contributed by atoms with Crippen LogP contribution in [0.1, 0.15) is 27.2 Å². The Kier molecular flexibility index (Phi) is 9.67. The number of hydrogen-bond donors (Lipinski definition) is 1. The Bertz CT molecular complexity index is 99.8. The van der Waals surface area contributed by atoms with Crippen molar-refractivity contribution in [2.75, 3.05) is 0 Å². The third kappa shape index (κ3) is 27.3. The zero-order chi connectivity index (χ0) is 8.57. The minimum absolute atomic E-state index is 0.250. The molecule has 0 atom stereocenters. The predicted octanol–water partition coefficient (Wildman–Crippen LogP) is 0.723. The summed E-state index contributed by atoms with van der Waals surface area (Å²) in [7, 11) is 0. The van der Waals surface area contributed by atoms with Crippen LogP contribution in [0.4, 0.5) is 0 Å². The van der Waals surface area contributed by atoms with E-state index in [9.17, 15) is 4.79 Å². The molecule has 0 fully saturated rings. The normalized spacial score (nSPS) is 8.00. The van der Waals surface area contributed by atoms with Gasteiger partial charge in [-0.3, -0.25) is 4.79 Å². The highest BCUT2D eigenvalue weighted by Crippen LogP contribution is 1.97. The molecule has 0 saturated heterocycles. The smallest absolute Gasteiger partial charge is 0.204 e. The van der Waals surface area contributed by atoms with E-state index in [4.69, 9.17) is 4.79 Å². The maximum absolute atomic E-state index is 10.3. The maximum Gasteiger partial charge on any atom is 0.204 e. The average molecular weight is 145 g/mol. The first kappa shape index (κ1) is 11.9. The van der Waals surface area contributed by atoms with E-state index in [1.54, 1.807) is 6.92 Å². The molecule has 0 saturated carbocycles. The van der Waals surface area contributed by atoms with Crippen molar-refractivity contribution in [1.82, 2.24) is 0 Å². The molecule has 2 N–H and O–H groups in total. The number of nitrogens with two attached hydrogens (primary N) is 1. The Balaban J connectivity index is 0. The molecular weight excluding hydrogens is 130 g/mol. The van der Waals surface area contributed by atoms with Gasteiger partial charge >= 0.3 is 0 Å². The van der Waals surface area contributed by atoms with Crippen LogP contribution in [0.2, 0.25) is 0 Å². The van der Waals surface area contributed by atoms with Gasteiger partial charge < -0.3 is 10.5 Å². The van der Waals surface area contributed by atoms with Gasteiger partial charge in [0.2, 0.25) is 6.41 Å². The third-order valence-electron chi connectivity index (χ3n) is 0.696. The van der Waals surface area contributed by atoms with Crippen LogP contribution in [0.25, 0.3) is 0 Å². The van der Waals surface area contributed by atoms with Gasteiger partial charge in [0.05, 0.1) is 0 Å². The fraction of sp³-hybridized carbons (Fsp3) is 0.714. The molecule has 0 aromatic carbocycles. The van der Waals surface area contributed by atoms with Gasteiger partial charge in [-0.2, -0.15) is 0 Å². The Labute approximate surface area is 61.6 Å². The topological polar surface area (TPSA) is 60.2 Å². The molecule has 0 aliphatic carbocycles. The van der Waals surface area contributed by atoms with E-state index < -0.39 is 0 Å². The number of rotatable bonds is 2. The van der Waals surface area contributed by atoms with E-state index in [0.29, 0.717) is 5.92 Å². The summed E-state index contributed by atoms with van der Waals surface area (Å²) in [6, 6.07) is 0. The molecule has 0 heterocycles. The Morgan fingerprint density at radius 1 is 1.60 bits per heavy atom. The molecule has 0 aromatic rings. The lowest BCUT2D eigenvalue weighted by molar-refractivity contribution is -0.117. The van der Waals surface area contributed by atoms with Crippen molar-refractivity contribution in [3.8, 4) is 0 Å². The first-order valence-corrected chi connectivity index (χ1v) is 3.19. The molecule has 3 heteroatoms. The van der Waals surface area contributed by atoms with Gasteiger partial charge in [0.1, 0.15) is 5.78 Å². The third-order valence-corrected chi connectivity index (χ3v) is 0.696. The number of Topliss-reactive ketones (excluding diaryl/α,β-unsaturated/α-hetero) is 1. The summed E-state index contributed by atoms with van der Waals surface area (Å²) < 4.78 is 0. The van der Waals surface area contributed by atoms with Crippen LogP contribution < -0.4 is 5.73 Å². The molecule has 60 valence electrons. The van der Waals surface area contributed by atoms with E-state index in [-0.39, 0.29) is 12.2 Å². The molecule has 1 amide bonds. The SMILES string of the molecule is CC(=O)CC(C)C.NC=O. The van der Waals surface area contributed by atoms with Gasteiger partial charge in [0.15, 0.2) is 0 Å². The minimum Gasteiger partial charge on any atom is -0.372 e. The second kappa shape index (κ2) is 8.14. The van der Waals surface area contributed by atoms with Crippen molar-refractivity contribution in [2.45, 2.75) is 27.2 Å². The van der Waals surface area contributed by atoms with Gasteiger partial charge in [-0.25, -0.2) is 0 Å². The fourth-order valence-electron chi connectivity index (χ4n) is 0.575. The zero-order valence-corrected chi connectivity index (χ0v) is 6.76. The monoisotopic (exact) mass is 145 g/mol. The molecule has 0 radical (unpaired) electrons. The summed E-state index contributed by atoms with van der Waals surface area (Å²) in [4.78, 5) is 18.8. The fourth-order valence-corrected chi connectivity index (χ4v) is 0.575. The molecule has 0 spiro atoms. The van der Waals surface area contributed by atoms with E-state index in [1.807, 2.05) is 13.8 Å². The van der Waals surface area contributed by atoms with Crippen molar-refractivity contribution >= 4 is 12.2 Å². The van der Waals surface area contributed by atoms with Crippen molar-refractivity contribution in [2.24, 2.45) is 11.7 Å². The van der Waals surface area contributed by atoms with Crippen LogP contribution in [-0.2, 0) is 9.59 Å². The van der Waals surface area contributed by atoms with Crippen molar-refractivity contribution in [1.29, 1.82) is 0 Å². The number of carbonyl (C=O) groups is 2. The molecule has 0 aliphatic heterocycles. The van der Waals surface area contributed by atoms with Crippen molar-refractivity contribution in [3.05, 3.63) is 0 Å². The molecule has 0 bridgehead atoms. The highest BCUT2D eigenvalue weighted by molar-refractivity contribution is 5.75. The second-order valence-electron chi connectivity index (χ2n) is 2.44. The Morgan fingerprint density at radius 2 is 1.90 bits per heavy atom. The van der Waals surface area contributed by atoms with Gasteiger partial charge in [-0.15, -0.1) is 0 Å². The van der Waals surface area contributed by atoms with Crippen LogP contribution >= 0.6 is 0 Å². The first-order valence-electron chi connectivity index (χ1n) is 3.19. The molecule has 3 nitrogen and oxygen atoms in total. The summed E-state index contributed by atoms with van der Waals surface area (Å²) >= 11 is 0. The number of ketones is 1. The number of carbonyl (C=O) groups excluding carboxylic acids is 2. The molecule has 0 aliphatic rings. The molecule has 0 unspecified atom stereocenters. The standard InChI is InChI=1S/C6H12O.CH3NO/c1-5(2)4-6(3)7;2-1-3/h5H,4H2,1-3H3;1H,(H2,2,3). The van der Waals surface area contributed by atoms with Crippen LogP contribution in [-0.4, -0.2) is 12.2 Å². The largest absolute Gasteiger partial charge is 0.372 e. The Hall–Kier alpha value is -0.860. The van der Waals surface area contributed by atoms with Crippen LogP contribution in [0, 0.1) is 5.92 Å². The maximum atomic E-state index is 10.3. The van der Waals surface area contributed by atoms with Crippen molar-refractivity contribution < 1.29 is 9.59 Å². The zero-order valence-electron chi connectivity index (χ0n) is 6.76. The first-order chi connectivity index (χ1) is 4.54. The van der Waals surface area contributed by atoms with E-state index >= 15 is 0 Å². The van der Waals surface area contributed by atoms with Gasteiger partial charge in [-0.1, -0.05) is 13.8 Å². The molecular formula is C7H15NO2. The highest BCUT2D eigenvalue weighted by Gasteiger charge is 1.95. The Morgan fingerprint density at radius 3 is 1.90 bits per heavy atom. The van der Waals surface area contributed by atoms with Gasteiger partial charge in [0.25, 0.3) is 0 Å². The number of amides is 1. The van der Waals surface area contributed by atoms with Crippen LogP contribution in [0.15, 0.2) is 0 Å². The lowest BCUT2D eigenvalue weighted by atomic mass is 10.1.